The van der Waals surface area contributed by atoms with Crippen LogP contribution >= 0.6 is 0 Å². The van der Waals surface area contributed by atoms with Crippen LogP contribution in [0.3, 0.4) is 0 Å². The first-order valence-corrected chi connectivity index (χ1v) is 3.79. The topological polar surface area (TPSA) is 98.6 Å². The lowest BCUT2D eigenvalue weighted by Gasteiger charge is -2.11. The van der Waals surface area contributed by atoms with Crippen molar-refractivity contribution >= 4 is 17.3 Å². The number of rotatable bonds is 3. The molecule has 5 N–H and O–H groups in total. The van der Waals surface area contributed by atoms with Crippen LogP contribution < -0.4 is 16.2 Å². The average Bonchev–Trinajstić information content (AvgIpc) is 2.12. The van der Waals surface area contributed by atoms with E-state index in [0.29, 0.717) is 0 Å². The summed E-state index contributed by atoms with van der Waals surface area (Å²) in [7, 11) is 0. The minimum absolute atomic E-state index is 0.0179. The molecule has 1 aromatic rings. The highest BCUT2D eigenvalue weighted by Crippen LogP contribution is 2.32. The largest absolute Gasteiger partial charge is 0.478 e. The van der Waals surface area contributed by atoms with Crippen LogP contribution in [-0.2, 0) is 0 Å². The standard InChI is InChI=1S/C8H8F2N2O3/c9-8(10)15-6-3(7(13)14)1-2-4(11)5(6)12/h1-2,8H,11-12H2,(H,13,14). The zero-order valence-electron chi connectivity index (χ0n) is 7.41. The lowest BCUT2D eigenvalue weighted by molar-refractivity contribution is -0.0497. The van der Waals surface area contributed by atoms with E-state index in [9.17, 15) is 13.6 Å². The predicted octanol–water partition coefficient (Wildman–Crippen LogP) is 1.15. The Balaban J connectivity index is 3.28. The van der Waals surface area contributed by atoms with E-state index in [1.165, 1.54) is 6.07 Å². The number of carboxylic acid groups (broad SMARTS) is 1. The summed E-state index contributed by atoms with van der Waals surface area (Å²) in [5.41, 5.74) is 9.86. The minimum atomic E-state index is -3.16. The molecule has 7 heteroatoms. The van der Waals surface area contributed by atoms with E-state index in [4.69, 9.17) is 16.6 Å². The number of alkyl halides is 2. The molecule has 0 amide bonds. The van der Waals surface area contributed by atoms with E-state index in [1.807, 2.05) is 0 Å². The van der Waals surface area contributed by atoms with Gasteiger partial charge in [0, 0.05) is 0 Å². The molecule has 0 unspecified atom stereocenters. The highest BCUT2D eigenvalue weighted by atomic mass is 19.3. The molecule has 0 radical (unpaired) electrons. The Labute approximate surface area is 83.2 Å². The van der Waals surface area contributed by atoms with Crippen molar-refractivity contribution < 1.29 is 23.4 Å². The van der Waals surface area contributed by atoms with Gasteiger partial charge in [0.25, 0.3) is 0 Å². The van der Waals surface area contributed by atoms with Crippen LogP contribution in [0, 0.1) is 0 Å². The van der Waals surface area contributed by atoms with Gasteiger partial charge < -0.3 is 21.3 Å². The zero-order valence-corrected chi connectivity index (χ0v) is 7.41. The summed E-state index contributed by atoms with van der Waals surface area (Å²) in [6, 6.07) is 2.25. The van der Waals surface area contributed by atoms with Gasteiger partial charge in [0.05, 0.1) is 11.4 Å². The summed E-state index contributed by atoms with van der Waals surface area (Å²) >= 11 is 0. The van der Waals surface area contributed by atoms with E-state index in [-0.39, 0.29) is 11.4 Å². The van der Waals surface area contributed by atoms with Gasteiger partial charge in [-0.05, 0) is 12.1 Å². The number of hydrogen-bond donors (Lipinski definition) is 3. The summed E-state index contributed by atoms with van der Waals surface area (Å²) in [6.07, 6.45) is 0. The second-order valence-electron chi connectivity index (χ2n) is 2.63. The molecular weight excluding hydrogens is 210 g/mol. The number of anilines is 2. The number of benzene rings is 1. The predicted molar refractivity (Wildman–Crippen MR) is 48.9 cm³/mol. The average molecular weight is 218 g/mol. The van der Waals surface area contributed by atoms with E-state index < -0.39 is 23.9 Å². The van der Waals surface area contributed by atoms with Crippen molar-refractivity contribution in [1.29, 1.82) is 0 Å². The Morgan fingerprint density at radius 1 is 1.40 bits per heavy atom. The van der Waals surface area contributed by atoms with Crippen molar-refractivity contribution in [1.82, 2.24) is 0 Å². The molecule has 0 saturated carbocycles. The molecule has 0 bridgehead atoms. The molecule has 0 aromatic heterocycles. The number of hydrogen-bond acceptors (Lipinski definition) is 4. The van der Waals surface area contributed by atoms with Gasteiger partial charge >= 0.3 is 12.6 Å². The van der Waals surface area contributed by atoms with Crippen LogP contribution in [0.25, 0.3) is 0 Å². The summed E-state index contributed by atoms with van der Waals surface area (Å²) in [5, 5.41) is 8.67. The first-order chi connectivity index (χ1) is 6.93. The summed E-state index contributed by atoms with van der Waals surface area (Å²) in [4.78, 5) is 10.6. The van der Waals surface area contributed by atoms with Gasteiger partial charge in [-0.1, -0.05) is 0 Å². The lowest BCUT2D eigenvalue weighted by atomic mass is 10.1. The molecule has 0 aliphatic heterocycles. The number of carbonyl (C=O) groups is 1. The van der Waals surface area contributed by atoms with Crippen molar-refractivity contribution in [2.24, 2.45) is 0 Å². The number of aromatic carboxylic acids is 1. The Morgan fingerprint density at radius 3 is 2.47 bits per heavy atom. The Morgan fingerprint density at radius 2 is 2.00 bits per heavy atom. The third-order valence-electron chi connectivity index (χ3n) is 1.67. The van der Waals surface area contributed by atoms with Gasteiger partial charge in [-0.15, -0.1) is 0 Å². The van der Waals surface area contributed by atoms with Crippen molar-refractivity contribution in [3.8, 4) is 5.75 Å². The molecule has 1 aromatic carbocycles. The normalized spacial score (nSPS) is 10.3. The fourth-order valence-electron chi connectivity index (χ4n) is 0.999. The molecule has 0 saturated heterocycles. The number of ether oxygens (including phenoxy) is 1. The van der Waals surface area contributed by atoms with Crippen LogP contribution in [0.5, 0.6) is 5.75 Å². The quantitative estimate of drug-likeness (QED) is 0.661. The van der Waals surface area contributed by atoms with E-state index in [1.54, 1.807) is 0 Å². The zero-order chi connectivity index (χ0) is 11.6. The maximum absolute atomic E-state index is 12.0. The monoisotopic (exact) mass is 218 g/mol. The third kappa shape index (κ3) is 2.25. The van der Waals surface area contributed by atoms with Gasteiger partial charge in [0.15, 0.2) is 5.75 Å². The van der Waals surface area contributed by atoms with Gasteiger partial charge in [-0.25, -0.2) is 4.79 Å². The van der Waals surface area contributed by atoms with Gasteiger partial charge in [-0.2, -0.15) is 8.78 Å². The molecular formula is C8H8F2N2O3. The summed E-state index contributed by atoms with van der Waals surface area (Å²) in [6.45, 7) is -3.16. The maximum atomic E-state index is 12.0. The summed E-state index contributed by atoms with van der Waals surface area (Å²) in [5.74, 6) is -2.03. The van der Waals surface area contributed by atoms with Crippen molar-refractivity contribution in [3.05, 3.63) is 17.7 Å². The van der Waals surface area contributed by atoms with Crippen molar-refractivity contribution in [2.75, 3.05) is 11.5 Å². The third-order valence-corrected chi connectivity index (χ3v) is 1.67. The number of carboxylic acids is 1. The van der Waals surface area contributed by atoms with Crippen LogP contribution in [0.4, 0.5) is 20.2 Å². The van der Waals surface area contributed by atoms with E-state index in [2.05, 4.69) is 4.74 Å². The molecule has 0 aliphatic carbocycles. The molecule has 0 fully saturated rings. The van der Waals surface area contributed by atoms with E-state index >= 15 is 0 Å². The highest BCUT2D eigenvalue weighted by molar-refractivity contribution is 5.95. The van der Waals surface area contributed by atoms with Crippen molar-refractivity contribution in [2.45, 2.75) is 6.61 Å². The van der Waals surface area contributed by atoms with Gasteiger partial charge in [-0.3, -0.25) is 0 Å². The Hall–Kier alpha value is -2.05. The molecule has 0 aliphatic rings. The maximum Gasteiger partial charge on any atom is 0.387 e. The fourth-order valence-corrected chi connectivity index (χ4v) is 0.999. The van der Waals surface area contributed by atoms with Crippen LogP contribution in [0.1, 0.15) is 10.4 Å². The lowest BCUT2D eigenvalue weighted by Crippen LogP contribution is -2.11. The van der Waals surface area contributed by atoms with Gasteiger partial charge in [0.1, 0.15) is 5.56 Å². The van der Waals surface area contributed by atoms with Crippen LogP contribution in [-0.4, -0.2) is 17.7 Å². The molecule has 0 heterocycles. The van der Waals surface area contributed by atoms with Gasteiger partial charge in [0.2, 0.25) is 0 Å². The molecule has 5 nitrogen and oxygen atoms in total. The summed E-state index contributed by atoms with van der Waals surface area (Å²) < 4.78 is 27.9. The second-order valence-corrected chi connectivity index (χ2v) is 2.63. The highest BCUT2D eigenvalue weighted by Gasteiger charge is 2.19. The van der Waals surface area contributed by atoms with Crippen LogP contribution in [0.2, 0.25) is 0 Å². The number of nitrogens with two attached hydrogens (primary N) is 2. The SMILES string of the molecule is Nc1ccc(C(=O)O)c(OC(F)F)c1N. The minimum Gasteiger partial charge on any atom is -0.478 e. The van der Waals surface area contributed by atoms with Crippen LogP contribution in [0.15, 0.2) is 12.1 Å². The smallest absolute Gasteiger partial charge is 0.387 e. The number of halogens is 2. The Bertz CT molecular complexity index is 396. The molecule has 82 valence electrons. The fraction of sp³-hybridized carbons (Fsp3) is 0.125. The Kier molecular flexibility index (Phi) is 2.93. The first-order valence-electron chi connectivity index (χ1n) is 3.79. The van der Waals surface area contributed by atoms with E-state index in [0.717, 1.165) is 6.07 Å². The number of nitrogen functional groups attached to an aromatic ring is 2. The second kappa shape index (κ2) is 3.99. The molecule has 0 atom stereocenters. The molecule has 1 rings (SSSR count). The molecule has 15 heavy (non-hydrogen) atoms. The molecule has 0 spiro atoms. The first kappa shape index (κ1) is 11.0. The van der Waals surface area contributed by atoms with Crippen molar-refractivity contribution in [3.63, 3.8) is 0 Å².